The highest BCUT2D eigenvalue weighted by Gasteiger charge is 2.38. The summed E-state index contributed by atoms with van der Waals surface area (Å²) in [6.07, 6.45) is 0. The molecule has 0 fully saturated rings. The first-order valence-electron chi connectivity index (χ1n) is 4.07. The zero-order chi connectivity index (χ0) is 11.6. The Hall–Kier alpha value is -0.230. The van der Waals surface area contributed by atoms with Crippen LogP contribution in [0.5, 0.6) is 0 Å². The van der Waals surface area contributed by atoms with Gasteiger partial charge in [-0.05, 0) is 23.8 Å². The third kappa shape index (κ3) is 2.87. The Morgan fingerprint density at radius 3 is 2.67 bits per heavy atom. The minimum absolute atomic E-state index is 0.168. The van der Waals surface area contributed by atoms with Gasteiger partial charge < -0.3 is 10.8 Å². The molecule has 6 heteroatoms. The molecule has 0 aliphatic carbocycles. The second kappa shape index (κ2) is 4.74. The van der Waals surface area contributed by atoms with E-state index >= 15 is 0 Å². The van der Waals surface area contributed by atoms with E-state index in [9.17, 15) is 8.78 Å². The maximum atomic E-state index is 13.1. The van der Waals surface area contributed by atoms with Crippen LogP contribution in [-0.4, -0.2) is 17.6 Å². The molecule has 1 atom stereocenters. The van der Waals surface area contributed by atoms with Crippen LogP contribution in [0.2, 0.25) is 5.02 Å². The van der Waals surface area contributed by atoms with Crippen molar-refractivity contribution in [3.05, 3.63) is 33.3 Å². The van der Waals surface area contributed by atoms with Gasteiger partial charge in [0.2, 0.25) is 0 Å². The number of alkyl halides is 2. The van der Waals surface area contributed by atoms with Gasteiger partial charge in [0.1, 0.15) is 6.61 Å². The lowest BCUT2D eigenvalue weighted by atomic mass is 10.0. The van der Waals surface area contributed by atoms with Gasteiger partial charge in [-0.3, -0.25) is 0 Å². The van der Waals surface area contributed by atoms with Crippen molar-refractivity contribution in [3.8, 4) is 0 Å². The van der Waals surface area contributed by atoms with E-state index in [1.807, 2.05) is 0 Å². The molecule has 0 spiro atoms. The van der Waals surface area contributed by atoms with E-state index < -0.39 is 18.6 Å². The monoisotopic (exact) mass is 299 g/mol. The van der Waals surface area contributed by atoms with Crippen LogP contribution in [0.3, 0.4) is 0 Å². The summed E-state index contributed by atoms with van der Waals surface area (Å²) in [5.74, 6) is -3.37. The van der Waals surface area contributed by atoms with Crippen LogP contribution in [-0.2, 0) is 0 Å². The summed E-state index contributed by atoms with van der Waals surface area (Å²) in [5, 5.41) is 8.82. The fraction of sp³-hybridized carbons (Fsp3) is 0.333. The quantitative estimate of drug-likeness (QED) is 0.901. The summed E-state index contributed by atoms with van der Waals surface area (Å²) in [4.78, 5) is 0. The maximum Gasteiger partial charge on any atom is 0.289 e. The van der Waals surface area contributed by atoms with E-state index in [4.69, 9.17) is 22.4 Å². The van der Waals surface area contributed by atoms with Crippen molar-refractivity contribution in [1.82, 2.24) is 0 Å². The molecule has 3 N–H and O–H groups in total. The normalized spacial score (nSPS) is 14.0. The van der Waals surface area contributed by atoms with Crippen LogP contribution in [0, 0.1) is 0 Å². The second-order valence-electron chi connectivity index (χ2n) is 3.06. The summed E-state index contributed by atoms with van der Waals surface area (Å²) in [6.45, 7) is -1.30. The van der Waals surface area contributed by atoms with Crippen molar-refractivity contribution in [1.29, 1.82) is 0 Å². The van der Waals surface area contributed by atoms with Crippen molar-refractivity contribution in [2.75, 3.05) is 6.61 Å². The van der Waals surface area contributed by atoms with Gasteiger partial charge >= 0.3 is 0 Å². The Morgan fingerprint density at radius 2 is 2.13 bits per heavy atom. The molecule has 0 aliphatic rings. The van der Waals surface area contributed by atoms with Gasteiger partial charge in [0, 0.05) is 9.50 Å². The van der Waals surface area contributed by atoms with Crippen LogP contribution in [0.15, 0.2) is 22.7 Å². The van der Waals surface area contributed by atoms with Gasteiger partial charge in [-0.15, -0.1) is 0 Å². The Bertz CT molecular complexity index is 362. The molecule has 2 nitrogen and oxygen atoms in total. The minimum atomic E-state index is -3.37. The molecular formula is C9H9BrClF2NO. The number of rotatable bonds is 3. The second-order valence-corrected chi connectivity index (χ2v) is 4.35. The van der Waals surface area contributed by atoms with Gasteiger partial charge in [0.25, 0.3) is 5.92 Å². The van der Waals surface area contributed by atoms with Crippen LogP contribution in [0.1, 0.15) is 11.6 Å². The first kappa shape index (κ1) is 12.8. The third-order valence-corrected chi connectivity index (χ3v) is 2.92. The van der Waals surface area contributed by atoms with E-state index in [1.165, 1.54) is 12.1 Å². The van der Waals surface area contributed by atoms with Crippen molar-refractivity contribution in [3.63, 3.8) is 0 Å². The molecule has 0 unspecified atom stereocenters. The first-order valence-corrected chi connectivity index (χ1v) is 5.25. The molecule has 0 saturated carbocycles. The summed E-state index contributed by atoms with van der Waals surface area (Å²) >= 11 is 8.77. The molecule has 0 radical (unpaired) electrons. The van der Waals surface area contributed by atoms with Crippen molar-refractivity contribution < 1.29 is 13.9 Å². The number of aliphatic hydroxyl groups is 1. The fourth-order valence-electron chi connectivity index (χ4n) is 1.08. The summed E-state index contributed by atoms with van der Waals surface area (Å²) in [6, 6.07) is 2.85. The lowest BCUT2D eigenvalue weighted by Gasteiger charge is -2.22. The maximum absolute atomic E-state index is 13.1. The summed E-state index contributed by atoms with van der Waals surface area (Å²) < 4.78 is 26.6. The molecule has 1 aromatic rings. The van der Waals surface area contributed by atoms with E-state index in [2.05, 4.69) is 15.9 Å². The van der Waals surface area contributed by atoms with Crippen LogP contribution < -0.4 is 5.73 Å². The smallest absolute Gasteiger partial charge is 0.289 e. The average Bonchev–Trinajstić information content (AvgIpc) is 2.20. The fourth-order valence-corrected chi connectivity index (χ4v) is 1.75. The highest BCUT2D eigenvalue weighted by molar-refractivity contribution is 9.10. The molecule has 0 aromatic heterocycles. The number of benzene rings is 1. The number of aliphatic hydroxyl groups excluding tert-OH is 1. The predicted molar refractivity (Wildman–Crippen MR) is 58.1 cm³/mol. The Kier molecular flexibility index (Phi) is 4.06. The van der Waals surface area contributed by atoms with Gasteiger partial charge in [0.05, 0.1) is 6.04 Å². The van der Waals surface area contributed by atoms with E-state index in [1.54, 1.807) is 6.07 Å². The third-order valence-electron chi connectivity index (χ3n) is 1.96. The van der Waals surface area contributed by atoms with Gasteiger partial charge in [-0.25, -0.2) is 8.78 Å². The van der Waals surface area contributed by atoms with Crippen LogP contribution >= 0.6 is 27.5 Å². The molecule has 15 heavy (non-hydrogen) atoms. The first-order chi connectivity index (χ1) is 6.88. The molecular weight excluding hydrogens is 291 g/mol. The van der Waals surface area contributed by atoms with Gasteiger partial charge in [-0.2, -0.15) is 0 Å². The van der Waals surface area contributed by atoms with E-state index in [0.717, 1.165) is 0 Å². The molecule has 0 amide bonds. The molecule has 1 rings (SSSR count). The molecule has 0 heterocycles. The number of hydrogen-bond acceptors (Lipinski definition) is 2. The standard InChI is InChI=1S/C9H9BrClF2NO/c10-7-2-1-5(11)3-6(7)8(14)9(12,13)4-15/h1-3,8,15H,4,14H2/t8-/m0/s1. The van der Waals surface area contributed by atoms with Gasteiger partial charge in [-0.1, -0.05) is 27.5 Å². The molecule has 1 aromatic carbocycles. The average molecular weight is 301 g/mol. The Labute approximate surface area is 99.2 Å². The summed E-state index contributed by atoms with van der Waals surface area (Å²) in [5.41, 5.74) is 5.52. The lowest BCUT2D eigenvalue weighted by molar-refractivity contribution is -0.0713. The minimum Gasteiger partial charge on any atom is -0.390 e. The van der Waals surface area contributed by atoms with Crippen LogP contribution in [0.4, 0.5) is 8.78 Å². The topological polar surface area (TPSA) is 46.2 Å². The van der Waals surface area contributed by atoms with Crippen molar-refractivity contribution in [2.24, 2.45) is 5.73 Å². The summed E-state index contributed by atoms with van der Waals surface area (Å²) in [7, 11) is 0. The SMILES string of the molecule is N[C@@H](c1cc(Cl)ccc1Br)C(F)(F)CO. The van der Waals surface area contributed by atoms with Crippen molar-refractivity contribution >= 4 is 27.5 Å². The number of hydrogen-bond donors (Lipinski definition) is 2. The molecule has 0 saturated heterocycles. The highest BCUT2D eigenvalue weighted by Crippen LogP contribution is 2.34. The van der Waals surface area contributed by atoms with E-state index in [-0.39, 0.29) is 5.56 Å². The van der Waals surface area contributed by atoms with Crippen molar-refractivity contribution in [2.45, 2.75) is 12.0 Å². The van der Waals surface area contributed by atoms with Gasteiger partial charge in [0.15, 0.2) is 0 Å². The zero-order valence-electron chi connectivity index (χ0n) is 7.55. The largest absolute Gasteiger partial charge is 0.390 e. The molecule has 0 bridgehead atoms. The predicted octanol–water partition coefficient (Wildman–Crippen LogP) is 2.73. The number of halogens is 4. The van der Waals surface area contributed by atoms with E-state index in [0.29, 0.717) is 9.50 Å². The Morgan fingerprint density at radius 1 is 1.53 bits per heavy atom. The zero-order valence-corrected chi connectivity index (χ0v) is 9.89. The molecule has 84 valence electrons. The van der Waals surface area contributed by atoms with Crippen LogP contribution in [0.25, 0.3) is 0 Å². The lowest BCUT2D eigenvalue weighted by Crippen LogP contribution is -2.36. The number of nitrogens with two attached hydrogens (primary N) is 1. The molecule has 0 aliphatic heterocycles. The Balaban J connectivity index is 3.10. The highest BCUT2D eigenvalue weighted by atomic mass is 79.9.